The van der Waals surface area contributed by atoms with Gasteiger partial charge < -0.3 is 10.6 Å². The fourth-order valence-corrected chi connectivity index (χ4v) is 2.26. The Morgan fingerprint density at radius 3 is 2.47 bits per heavy atom. The summed E-state index contributed by atoms with van der Waals surface area (Å²) in [6.07, 6.45) is 1.58. The van der Waals surface area contributed by atoms with E-state index in [-0.39, 0.29) is 17.7 Å². The van der Waals surface area contributed by atoms with Gasteiger partial charge in [-0.1, -0.05) is 0 Å². The summed E-state index contributed by atoms with van der Waals surface area (Å²) in [6.45, 7) is 4.77. The molecule has 0 aromatic carbocycles. The first-order valence-corrected chi connectivity index (χ1v) is 7.09. The van der Waals surface area contributed by atoms with Crippen LogP contribution in [-0.2, 0) is 14.6 Å². The second-order valence-corrected chi connectivity index (χ2v) is 5.84. The van der Waals surface area contributed by atoms with Gasteiger partial charge in [-0.05, 0) is 13.8 Å². The number of carbonyl (C=O) groups is 1. The molecule has 0 aromatic heterocycles. The highest BCUT2D eigenvalue weighted by Crippen LogP contribution is 1.90. The second kappa shape index (κ2) is 6.79. The lowest BCUT2D eigenvalue weighted by molar-refractivity contribution is -0.120. The highest BCUT2D eigenvalue weighted by molar-refractivity contribution is 7.90. The molecule has 0 aliphatic heterocycles. The maximum Gasteiger partial charge on any atom is 0.221 e. The fraction of sp³-hybridized carbons (Fsp3) is 0.889. The SMILES string of the molecule is CCNC(=O)CCNC(C)CS(C)(=O)=O. The van der Waals surface area contributed by atoms with E-state index in [0.717, 1.165) is 0 Å². The maximum atomic E-state index is 11.0. The highest BCUT2D eigenvalue weighted by atomic mass is 32.2. The van der Waals surface area contributed by atoms with E-state index in [9.17, 15) is 13.2 Å². The Morgan fingerprint density at radius 2 is 2.00 bits per heavy atom. The first kappa shape index (κ1) is 14.4. The Bertz CT molecular complexity index is 288. The van der Waals surface area contributed by atoms with Crippen molar-refractivity contribution in [3.05, 3.63) is 0 Å². The Balaban J connectivity index is 3.64. The molecule has 0 rings (SSSR count). The van der Waals surface area contributed by atoms with Gasteiger partial charge >= 0.3 is 0 Å². The average Bonchev–Trinajstić information content (AvgIpc) is 2.00. The quantitative estimate of drug-likeness (QED) is 0.627. The number of hydrogen-bond donors (Lipinski definition) is 2. The minimum Gasteiger partial charge on any atom is -0.356 e. The van der Waals surface area contributed by atoms with E-state index in [1.165, 1.54) is 6.26 Å². The number of hydrogen-bond acceptors (Lipinski definition) is 4. The van der Waals surface area contributed by atoms with Gasteiger partial charge in [0.05, 0.1) is 5.75 Å². The number of amides is 1. The van der Waals surface area contributed by atoms with Crippen molar-refractivity contribution in [1.82, 2.24) is 10.6 Å². The Labute approximate surface area is 91.5 Å². The van der Waals surface area contributed by atoms with E-state index in [1.54, 1.807) is 6.92 Å². The van der Waals surface area contributed by atoms with Crippen LogP contribution in [0.4, 0.5) is 0 Å². The number of rotatable bonds is 7. The molecule has 0 saturated heterocycles. The molecule has 1 atom stereocenters. The summed E-state index contributed by atoms with van der Waals surface area (Å²) < 4.78 is 21.8. The van der Waals surface area contributed by atoms with Gasteiger partial charge in [-0.3, -0.25) is 4.79 Å². The molecule has 0 aliphatic rings. The van der Waals surface area contributed by atoms with Crippen molar-refractivity contribution in [2.45, 2.75) is 26.3 Å². The van der Waals surface area contributed by atoms with E-state index in [0.29, 0.717) is 19.5 Å². The van der Waals surface area contributed by atoms with Crippen molar-refractivity contribution in [1.29, 1.82) is 0 Å². The normalized spacial score (nSPS) is 13.5. The topological polar surface area (TPSA) is 75.3 Å². The van der Waals surface area contributed by atoms with Gasteiger partial charge in [-0.2, -0.15) is 0 Å². The van der Waals surface area contributed by atoms with Crippen LogP contribution in [-0.4, -0.2) is 45.5 Å². The third-order valence-electron chi connectivity index (χ3n) is 1.77. The largest absolute Gasteiger partial charge is 0.356 e. The molecule has 0 fully saturated rings. The van der Waals surface area contributed by atoms with Crippen LogP contribution >= 0.6 is 0 Å². The molecule has 0 heterocycles. The third kappa shape index (κ3) is 9.68. The summed E-state index contributed by atoms with van der Waals surface area (Å²) in [4.78, 5) is 11.0. The molecule has 1 amide bonds. The minimum absolute atomic E-state index is 0.0171. The molecule has 0 aliphatic carbocycles. The average molecular weight is 236 g/mol. The number of carbonyl (C=O) groups excluding carboxylic acids is 1. The minimum atomic E-state index is -2.95. The molecular weight excluding hydrogens is 216 g/mol. The van der Waals surface area contributed by atoms with E-state index >= 15 is 0 Å². The molecular formula is C9H20N2O3S. The van der Waals surface area contributed by atoms with E-state index in [1.807, 2.05) is 6.92 Å². The molecule has 5 nitrogen and oxygen atoms in total. The molecule has 0 saturated carbocycles. The van der Waals surface area contributed by atoms with Crippen molar-refractivity contribution in [2.75, 3.05) is 25.1 Å². The van der Waals surface area contributed by atoms with Crippen molar-refractivity contribution in [2.24, 2.45) is 0 Å². The van der Waals surface area contributed by atoms with Gasteiger partial charge in [0, 0.05) is 31.8 Å². The zero-order chi connectivity index (χ0) is 11.9. The van der Waals surface area contributed by atoms with Gasteiger partial charge in [0.15, 0.2) is 0 Å². The van der Waals surface area contributed by atoms with E-state index < -0.39 is 9.84 Å². The van der Waals surface area contributed by atoms with E-state index in [2.05, 4.69) is 10.6 Å². The summed E-state index contributed by atoms with van der Waals surface area (Å²) in [5.74, 6) is 0.0825. The van der Waals surface area contributed by atoms with Gasteiger partial charge in [-0.25, -0.2) is 8.42 Å². The van der Waals surface area contributed by atoms with Gasteiger partial charge in [0.1, 0.15) is 9.84 Å². The van der Waals surface area contributed by atoms with Crippen molar-refractivity contribution in [3.8, 4) is 0 Å². The van der Waals surface area contributed by atoms with Crippen molar-refractivity contribution >= 4 is 15.7 Å². The zero-order valence-corrected chi connectivity index (χ0v) is 10.4. The lowest BCUT2D eigenvalue weighted by Crippen LogP contribution is -2.35. The molecule has 0 bridgehead atoms. The van der Waals surface area contributed by atoms with Crippen molar-refractivity contribution in [3.63, 3.8) is 0 Å². The summed E-state index contributed by atoms with van der Waals surface area (Å²) in [5.41, 5.74) is 0. The number of sulfone groups is 1. The summed E-state index contributed by atoms with van der Waals surface area (Å²) in [7, 11) is -2.95. The van der Waals surface area contributed by atoms with E-state index in [4.69, 9.17) is 0 Å². The van der Waals surface area contributed by atoms with Crippen LogP contribution in [0.3, 0.4) is 0 Å². The second-order valence-electron chi connectivity index (χ2n) is 3.65. The molecule has 0 spiro atoms. The summed E-state index contributed by atoms with van der Waals surface area (Å²) in [5, 5.41) is 5.66. The monoisotopic (exact) mass is 236 g/mol. The standard InChI is InChI=1S/C9H20N2O3S/c1-4-10-9(12)5-6-11-8(2)7-15(3,13)14/h8,11H,4-7H2,1-3H3,(H,10,12). The highest BCUT2D eigenvalue weighted by Gasteiger charge is 2.09. The van der Waals surface area contributed by atoms with Crippen LogP contribution in [0.1, 0.15) is 20.3 Å². The van der Waals surface area contributed by atoms with Gasteiger partial charge in [-0.15, -0.1) is 0 Å². The molecule has 90 valence electrons. The first-order valence-electron chi connectivity index (χ1n) is 5.03. The Kier molecular flexibility index (Phi) is 6.51. The molecule has 0 radical (unpaired) electrons. The van der Waals surface area contributed by atoms with Gasteiger partial charge in [0.25, 0.3) is 0 Å². The van der Waals surface area contributed by atoms with Crippen LogP contribution in [0.25, 0.3) is 0 Å². The summed E-state index contributed by atoms with van der Waals surface area (Å²) in [6, 6.07) is -0.116. The molecule has 6 heteroatoms. The van der Waals surface area contributed by atoms with Crippen LogP contribution in [0.5, 0.6) is 0 Å². The Morgan fingerprint density at radius 1 is 1.40 bits per heavy atom. The molecule has 15 heavy (non-hydrogen) atoms. The van der Waals surface area contributed by atoms with Crippen LogP contribution in [0.2, 0.25) is 0 Å². The number of nitrogens with one attached hydrogen (secondary N) is 2. The zero-order valence-electron chi connectivity index (χ0n) is 9.54. The lowest BCUT2D eigenvalue weighted by atomic mass is 10.3. The first-order chi connectivity index (χ1) is 6.85. The van der Waals surface area contributed by atoms with Crippen LogP contribution < -0.4 is 10.6 Å². The molecule has 0 aromatic rings. The smallest absolute Gasteiger partial charge is 0.221 e. The summed E-state index contributed by atoms with van der Waals surface area (Å²) >= 11 is 0. The predicted octanol–water partition coefficient (Wildman–Crippen LogP) is -0.465. The molecule has 1 unspecified atom stereocenters. The molecule has 2 N–H and O–H groups in total. The van der Waals surface area contributed by atoms with Crippen LogP contribution in [0.15, 0.2) is 0 Å². The maximum absolute atomic E-state index is 11.0. The third-order valence-corrected chi connectivity index (χ3v) is 2.88. The van der Waals surface area contributed by atoms with Gasteiger partial charge in [0.2, 0.25) is 5.91 Å². The lowest BCUT2D eigenvalue weighted by Gasteiger charge is -2.12. The Hall–Kier alpha value is -0.620. The fourth-order valence-electron chi connectivity index (χ4n) is 1.23. The predicted molar refractivity (Wildman–Crippen MR) is 60.5 cm³/mol. The van der Waals surface area contributed by atoms with Crippen molar-refractivity contribution < 1.29 is 13.2 Å². The van der Waals surface area contributed by atoms with Crippen LogP contribution in [0, 0.1) is 0 Å².